The molecule has 0 spiro atoms. The Hall–Kier alpha value is -2.77. The van der Waals surface area contributed by atoms with Crippen LogP contribution in [0.4, 0.5) is 5.82 Å². The molecule has 1 N–H and O–H groups in total. The molecule has 0 amide bonds. The van der Waals surface area contributed by atoms with Crippen molar-refractivity contribution in [3.8, 4) is 11.4 Å². The fourth-order valence-electron chi connectivity index (χ4n) is 3.17. The summed E-state index contributed by atoms with van der Waals surface area (Å²) >= 11 is 9.48. The number of aryl methyl sites for hydroxylation is 2. The van der Waals surface area contributed by atoms with Crippen LogP contribution < -0.4 is 5.43 Å². The summed E-state index contributed by atoms with van der Waals surface area (Å²) < 4.78 is 2.83. The fraction of sp³-hybridized carbons (Fsp3) is 0.182. The predicted molar refractivity (Wildman–Crippen MR) is 126 cm³/mol. The smallest absolute Gasteiger partial charge is 0.176 e. The lowest BCUT2D eigenvalue weighted by molar-refractivity contribution is 0.753. The van der Waals surface area contributed by atoms with E-state index in [2.05, 4.69) is 38.5 Å². The second-order valence-corrected chi connectivity index (χ2v) is 8.19. The second-order valence-electron chi connectivity index (χ2n) is 6.84. The van der Waals surface area contributed by atoms with Crippen LogP contribution in [-0.4, -0.2) is 26.0 Å². The maximum atomic E-state index is 6.04. The van der Waals surface area contributed by atoms with Gasteiger partial charge in [-0.05, 0) is 48.4 Å². The van der Waals surface area contributed by atoms with Crippen molar-refractivity contribution in [3.05, 3.63) is 69.3 Å². The average molecular weight is 484 g/mol. The summed E-state index contributed by atoms with van der Waals surface area (Å²) in [6.45, 7) is 2.13. The highest BCUT2D eigenvalue weighted by Gasteiger charge is 2.17. The van der Waals surface area contributed by atoms with Crippen molar-refractivity contribution in [2.75, 3.05) is 5.43 Å². The standard InChI is InChI=1S/C22H20BrClN6/c1-3-4-18-19-20(30(2)29-18)22(28-25-13-14-5-9-16(23)10-6-14)27-21(26-19)15-7-11-17(24)12-8-15/h5-13H,3-4H2,1-2H3,(H,26,27,28)/b25-13+. The molecule has 2 heterocycles. The van der Waals surface area contributed by atoms with Gasteiger partial charge in [0.1, 0.15) is 11.0 Å². The first-order valence-electron chi connectivity index (χ1n) is 9.59. The number of hydrogen-bond donors (Lipinski definition) is 1. The van der Waals surface area contributed by atoms with Crippen LogP contribution in [0.15, 0.2) is 58.1 Å². The lowest BCUT2D eigenvalue weighted by Gasteiger charge is -2.07. The minimum absolute atomic E-state index is 0.603. The molecule has 0 bridgehead atoms. The third-order valence-corrected chi connectivity index (χ3v) is 5.38. The summed E-state index contributed by atoms with van der Waals surface area (Å²) in [4.78, 5) is 9.55. The average Bonchev–Trinajstić information content (AvgIpc) is 3.06. The van der Waals surface area contributed by atoms with Crippen LogP contribution in [0.2, 0.25) is 5.02 Å². The van der Waals surface area contributed by atoms with Gasteiger partial charge in [-0.2, -0.15) is 10.2 Å². The fourth-order valence-corrected chi connectivity index (χ4v) is 3.56. The van der Waals surface area contributed by atoms with Gasteiger partial charge < -0.3 is 0 Å². The van der Waals surface area contributed by atoms with E-state index in [0.717, 1.165) is 45.2 Å². The number of halogens is 2. The number of nitrogens with one attached hydrogen (secondary N) is 1. The van der Waals surface area contributed by atoms with Crippen LogP contribution in [0.1, 0.15) is 24.6 Å². The van der Waals surface area contributed by atoms with E-state index in [-0.39, 0.29) is 0 Å². The molecule has 0 atom stereocenters. The SMILES string of the molecule is CCCc1nn(C)c2c(N/N=C/c3ccc(Br)cc3)nc(-c3ccc(Cl)cc3)nc12. The molecule has 4 aromatic rings. The number of rotatable bonds is 6. The zero-order valence-electron chi connectivity index (χ0n) is 16.6. The highest BCUT2D eigenvalue weighted by molar-refractivity contribution is 9.10. The van der Waals surface area contributed by atoms with Crippen molar-refractivity contribution in [1.82, 2.24) is 19.7 Å². The van der Waals surface area contributed by atoms with Crippen LogP contribution in [0.3, 0.4) is 0 Å². The summed E-state index contributed by atoms with van der Waals surface area (Å²) in [5.41, 5.74) is 7.56. The number of aromatic nitrogens is 4. The number of nitrogens with zero attached hydrogens (tertiary/aromatic N) is 5. The molecule has 152 valence electrons. The first kappa shape index (κ1) is 20.5. The molecule has 0 saturated heterocycles. The molecule has 0 aliphatic carbocycles. The van der Waals surface area contributed by atoms with Crippen LogP contribution >= 0.6 is 27.5 Å². The molecular formula is C22H20BrClN6. The van der Waals surface area contributed by atoms with E-state index in [9.17, 15) is 0 Å². The van der Waals surface area contributed by atoms with Crippen molar-refractivity contribution in [2.24, 2.45) is 12.1 Å². The molecule has 0 aliphatic rings. The Kier molecular flexibility index (Phi) is 6.11. The molecule has 30 heavy (non-hydrogen) atoms. The van der Waals surface area contributed by atoms with Crippen LogP contribution in [-0.2, 0) is 13.5 Å². The van der Waals surface area contributed by atoms with E-state index in [1.165, 1.54) is 0 Å². The first-order chi connectivity index (χ1) is 14.5. The van der Waals surface area contributed by atoms with Gasteiger partial charge in [-0.3, -0.25) is 10.1 Å². The van der Waals surface area contributed by atoms with Crippen molar-refractivity contribution in [2.45, 2.75) is 19.8 Å². The van der Waals surface area contributed by atoms with Gasteiger partial charge in [0.25, 0.3) is 0 Å². The van der Waals surface area contributed by atoms with E-state index < -0.39 is 0 Å². The van der Waals surface area contributed by atoms with Gasteiger partial charge in [0.2, 0.25) is 0 Å². The Morgan fingerprint density at radius 2 is 1.83 bits per heavy atom. The Morgan fingerprint density at radius 3 is 2.53 bits per heavy atom. The Labute approximate surface area is 188 Å². The monoisotopic (exact) mass is 482 g/mol. The Bertz CT molecular complexity index is 1200. The molecule has 8 heteroatoms. The maximum Gasteiger partial charge on any atom is 0.176 e. The normalized spacial score (nSPS) is 11.5. The summed E-state index contributed by atoms with van der Waals surface area (Å²) in [6.07, 6.45) is 3.58. The summed E-state index contributed by atoms with van der Waals surface area (Å²) in [6, 6.07) is 15.4. The topological polar surface area (TPSA) is 68.0 Å². The van der Waals surface area contributed by atoms with Crippen LogP contribution in [0.5, 0.6) is 0 Å². The lowest BCUT2D eigenvalue weighted by atomic mass is 10.2. The maximum absolute atomic E-state index is 6.04. The van der Waals surface area contributed by atoms with E-state index in [0.29, 0.717) is 16.7 Å². The highest BCUT2D eigenvalue weighted by Crippen LogP contribution is 2.28. The molecule has 2 aromatic heterocycles. The molecule has 4 rings (SSSR count). The van der Waals surface area contributed by atoms with Crippen molar-refractivity contribution < 1.29 is 0 Å². The zero-order valence-corrected chi connectivity index (χ0v) is 18.9. The van der Waals surface area contributed by atoms with E-state index in [1.54, 1.807) is 6.21 Å². The van der Waals surface area contributed by atoms with Gasteiger partial charge in [0.05, 0.1) is 11.9 Å². The van der Waals surface area contributed by atoms with Gasteiger partial charge in [-0.15, -0.1) is 0 Å². The number of fused-ring (bicyclic) bond motifs is 1. The zero-order chi connectivity index (χ0) is 21.1. The van der Waals surface area contributed by atoms with Gasteiger partial charge in [0.15, 0.2) is 11.6 Å². The van der Waals surface area contributed by atoms with Crippen LogP contribution in [0.25, 0.3) is 22.4 Å². The van der Waals surface area contributed by atoms with E-state index in [1.807, 2.05) is 60.3 Å². The number of hydrazone groups is 1. The van der Waals surface area contributed by atoms with Gasteiger partial charge in [0, 0.05) is 22.1 Å². The molecule has 0 unspecified atom stereocenters. The van der Waals surface area contributed by atoms with Crippen molar-refractivity contribution in [1.29, 1.82) is 0 Å². The third kappa shape index (κ3) is 4.37. The lowest BCUT2D eigenvalue weighted by Crippen LogP contribution is -2.01. The van der Waals surface area contributed by atoms with Crippen molar-refractivity contribution >= 4 is 50.6 Å². The number of anilines is 1. The van der Waals surface area contributed by atoms with Crippen molar-refractivity contribution in [3.63, 3.8) is 0 Å². The van der Waals surface area contributed by atoms with Gasteiger partial charge in [-0.25, -0.2) is 9.97 Å². The quantitative estimate of drug-likeness (QED) is 0.276. The molecule has 6 nitrogen and oxygen atoms in total. The molecule has 0 radical (unpaired) electrons. The highest BCUT2D eigenvalue weighted by atomic mass is 79.9. The second kappa shape index (κ2) is 8.93. The molecular weight excluding hydrogens is 464 g/mol. The third-order valence-electron chi connectivity index (χ3n) is 4.59. The summed E-state index contributed by atoms with van der Waals surface area (Å²) in [7, 11) is 1.90. The first-order valence-corrected chi connectivity index (χ1v) is 10.8. The molecule has 0 fully saturated rings. The Morgan fingerprint density at radius 1 is 1.10 bits per heavy atom. The largest absolute Gasteiger partial charge is 0.262 e. The molecule has 0 aliphatic heterocycles. The van der Waals surface area contributed by atoms with E-state index >= 15 is 0 Å². The number of hydrogen-bond acceptors (Lipinski definition) is 5. The van der Waals surface area contributed by atoms with E-state index in [4.69, 9.17) is 21.6 Å². The number of benzene rings is 2. The van der Waals surface area contributed by atoms with Gasteiger partial charge >= 0.3 is 0 Å². The van der Waals surface area contributed by atoms with Gasteiger partial charge in [-0.1, -0.05) is 53.0 Å². The van der Waals surface area contributed by atoms with Crippen LogP contribution in [0, 0.1) is 0 Å². The minimum atomic E-state index is 0.603. The summed E-state index contributed by atoms with van der Waals surface area (Å²) in [5.74, 6) is 1.21. The summed E-state index contributed by atoms with van der Waals surface area (Å²) in [5, 5.41) is 9.73. The Balaban J connectivity index is 1.77. The predicted octanol–water partition coefficient (Wildman–Crippen LogP) is 5.84. The molecule has 0 saturated carbocycles. The molecule has 2 aromatic carbocycles. The minimum Gasteiger partial charge on any atom is -0.262 e.